The zero-order valence-corrected chi connectivity index (χ0v) is 14.4. The van der Waals surface area contributed by atoms with Gasteiger partial charge in [-0.25, -0.2) is 4.98 Å². The van der Waals surface area contributed by atoms with Gasteiger partial charge in [0.15, 0.2) is 0 Å². The van der Waals surface area contributed by atoms with Gasteiger partial charge in [0.05, 0.1) is 23.0 Å². The fourth-order valence-corrected chi connectivity index (χ4v) is 4.23. The van der Waals surface area contributed by atoms with Crippen LogP contribution in [0.2, 0.25) is 0 Å². The molecule has 21 heavy (non-hydrogen) atoms. The molecule has 0 aliphatic carbocycles. The van der Waals surface area contributed by atoms with Crippen molar-refractivity contribution in [1.29, 1.82) is 0 Å². The molecular formula is C14H18N2O2S3. The highest BCUT2D eigenvalue weighted by atomic mass is 32.2. The third-order valence-corrected chi connectivity index (χ3v) is 5.98. The molecule has 0 radical (unpaired) electrons. The van der Waals surface area contributed by atoms with Crippen LogP contribution in [-0.4, -0.2) is 20.9 Å². The Hall–Kier alpha value is -1.05. The molecular weight excluding hydrogens is 324 g/mol. The van der Waals surface area contributed by atoms with Crippen LogP contribution in [0.4, 0.5) is 0 Å². The molecule has 4 nitrogen and oxygen atoms in total. The van der Waals surface area contributed by atoms with Gasteiger partial charge in [-0.2, -0.15) is 0 Å². The first-order valence-electron chi connectivity index (χ1n) is 6.63. The number of thiophene rings is 1. The first kappa shape index (κ1) is 16.3. The van der Waals surface area contributed by atoms with E-state index in [1.54, 1.807) is 22.7 Å². The lowest BCUT2D eigenvalue weighted by Gasteiger charge is -2.03. The fraction of sp³-hybridized carbons (Fsp3) is 0.429. The van der Waals surface area contributed by atoms with E-state index in [2.05, 4.69) is 24.1 Å². The molecule has 1 atom stereocenters. The van der Waals surface area contributed by atoms with Crippen molar-refractivity contribution in [2.24, 2.45) is 0 Å². The molecule has 2 heterocycles. The second kappa shape index (κ2) is 7.82. The average molecular weight is 343 g/mol. The largest absolute Gasteiger partial charge is 0.350 e. The molecule has 114 valence electrons. The molecule has 2 rings (SSSR count). The number of carbonyl (C=O) groups excluding carboxylic acids is 1. The standard InChI is InChI=1S/C14H18N2O2S3/c1-10(2)14-16-11(7-20-14)8-21(18)9-13(17)15-6-12-4-3-5-19-12/h3-5,7,10H,6,8-9H2,1-2H3,(H,15,17)/t21-/m0/s1. The molecule has 7 heteroatoms. The van der Waals surface area contributed by atoms with Gasteiger partial charge in [0, 0.05) is 27.0 Å². The van der Waals surface area contributed by atoms with E-state index in [9.17, 15) is 9.00 Å². The number of hydrogen-bond donors (Lipinski definition) is 1. The lowest BCUT2D eigenvalue weighted by atomic mass is 10.2. The monoisotopic (exact) mass is 342 g/mol. The average Bonchev–Trinajstić information content (AvgIpc) is 3.06. The number of nitrogens with one attached hydrogen (secondary N) is 1. The van der Waals surface area contributed by atoms with Crippen molar-refractivity contribution in [1.82, 2.24) is 10.3 Å². The summed E-state index contributed by atoms with van der Waals surface area (Å²) in [6, 6.07) is 3.91. The van der Waals surface area contributed by atoms with Crippen LogP contribution in [0, 0.1) is 0 Å². The summed E-state index contributed by atoms with van der Waals surface area (Å²) < 4.78 is 12.0. The lowest BCUT2D eigenvalue weighted by molar-refractivity contribution is -0.118. The number of nitrogens with zero attached hydrogens (tertiary/aromatic N) is 1. The van der Waals surface area contributed by atoms with E-state index in [1.165, 1.54) is 0 Å². The molecule has 0 saturated heterocycles. The van der Waals surface area contributed by atoms with Crippen LogP contribution in [0.25, 0.3) is 0 Å². The Bertz CT molecular complexity index is 606. The number of thiazole rings is 1. The van der Waals surface area contributed by atoms with Crippen molar-refractivity contribution < 1.29 is 9.00 Å². The van der Waals surface area contributed by atoms with E-state index in [4.69, 9.17) is 0 Å². The van der Waals surface area contributed by atoms with E-state index < -0.39 is 10.8 Å². The van der Waals surface area contributed by atoms with Gasteiger partial charge in [0.25, 0.3) is 0 Å². The highest BCUT2D eigenvalue weighted by molar-refractivity contribution is 7.84. The molecule has 0 fully saturated rings. The second-order valence-corrected chi connectivity index (χ2v) is 8.30. The van der Waals surface area contributed by atoms with Crippen LogP contribution < -0.4 is 5.32 Å². The summed E-state index contributed by atoms with van der Waals surface area (Å²) in [4.78, 5) is 17.3. The molecule has 2 aromatic rings. The molecule has 0 saturated carbocycles. The molecule has 0 spiro atoms. The van der Waals surface area contributed by atoms with E-state index in [0.717, 1.165) is 15.6 Å². The van der Waals surface area contributed by atoms with Gasteiger partial charge >= 0.3 is 0 Å². The Kier molecular flexibility index (Phi) is 6.08. The minimum absolute atomic E-state index is 0.0277. The fourth-order valence-electron chi connectivity index (χ4n) is 1.67. The van der Waals surface area contributed by atoms with Crippen molar-refractivity contribution in [3.05, 3.63) is 38.5 Å². The number of amides is 1. The third kappa shape index (κ3) is 5.33. The summed E-state index contributed by atoms with van der Waals surface area (Å²) in [6.45, 7) is 4.66. The minimum atomic E-state index is -1.21. The van der Waals surface area contributed by atoms with E-state index in [0.29, 0.717) is 18.2 Å². The van der Waals surface area contributed by atoms with Crippen LogP contribution in [0.15, 0.2) is 22.9 Å². The van der Waals surface area contributed by atoms with Crippen LogP contribution >= 0.6 is 22.7 Å². The number of aromatic nitrogens is 1. The predicted molar refractivity (Wildman–Crippen MR) is 89.1 cm³/mol. The number of hydrogen-bond acceptors (Lipinski definition) is 5. The van der Waals surface area contributed by atoms with Gasteiger partial charge in [-0.15, -0.1) is 22.7 Å². The van der Waals surface area contributed by atoms with E-state index in [-0.39, 0.29) is 11.7 Å². The first-order chi connectivity index (χ1) is 10.0. The summed E-state index contributed by atoms with van der Waals surface area (Å²) in [7, 11) is -1.21. The molecule has 1 N–H and O–H groups in total. The maximum atomic E-state index is 12.0. The van der Waals surface area contributed by atoms with Crippen molar-refractivity contribution in [3.8, 4) is 0 Å². The lowest BCUT2D eigenvalue weighted by Crippen LogP contribution is -2.27. The number of rotatable bonds is 7. The second-order valence-electron chi connectivity index (χ2n) is 4.92. The summed E-state index contributed by atoms with van der Waals surface area (Å²) in [6.07, 6.45) is 0. The van der Waals surface area contributed by atoms with Gasteiger partial charge in [0.1, 0.15) is 5.75 Å². The van der Waals surface area contributed by atoms with Crippen LogP contribution in [0.5, 0.6) is 0 Å². The highest BCUT2D eigenvalue weighted by Gasteiger charge is 2.12. The Morgan fingerprint density at radius 1 is 1.43 bits per heavy atom. The summed E-state index contributed by atoms with van der Waals surface area (Å²) >= 11 is 3.17. The zero-order valence-electron chi connectivity index (χ0n) is 12.0. The number of carbonyl (C=O) groups is 1. The van der Waals surface area contributed by atoms with Crippen molar-refractivity contribution in [3.63, 3.8) is 0 Å². The minimum Gasteiger partial charge on any atom is -0.350 e. The topological polar surface area (TPSA) is 59.1 Å². The van der Waals surface area contributed by atoms with E-state index >= 15 is 0 Å². The van der Waals surface area contributed by atoms with Gasteiger partial charge in [-0.05, 0) is 11.4 Å². The van der Waals surface area contributed by atoms with Crippen molar-refractivity contribution in [2.75, 3.05) is 5.75 Å². The Labute approximate surface area is 135 Å². The van der Waals surface area contributed by atoms with Crippen LogP contribution in [0.3, 0.4) is 0 Å². The molecule has 0 aliphatic heterocycles. The first-order valence-corrected chi connectivity index (χ1v) is 9.87. The maximum absolute atomic E-state index is 12.0. The van der Waals surface area contributed by atoms with E-state index in [1.807, 2.05) is 22.9 Å². The van der Waals surface area contributed by atoms with Gasteiger partial charge in [0.2, 0.25) is 5.91 Å². The summed E-state index contributed by atoms with van der Waals surface area (Å²) in [5, 5.41) is 7.73. The molecule has 2 aromatic heterocycles. The predicted octanol–water partition coefficient (Wildman–Crippen LogP) is 2.89. The zero-order chi connectivity index (χ0) is 15.2. The molecule has 0 bridgehead atoms. The summed E-state index contributed by atoms with van der Waals surface area (Å²) in [5.74, 6) is 0.572. The van der Waals surface area contributed by atoms with Gasteiger partial charge in [-0.3, -0.25) is 9.00 Å². The Balaban J connectivity index is 1.76. The molecule has 0 aromatic carbocycles. The normalized spacial score (nSPS) is 12.5. The highest BCUT2D eigenvalue weighted by Crippen LogP contribution is 2.19. The Morgan fingerprint density at radius 2 is 2.24 bits per heavy atom. The molecule has 0 unspecified atom stereocenters. The van der Waals surface area contributed by atoms with Gasteiger partial charge in [-0.1, -0.05) is 19.9 Å². The van der Waals surface area contributed by atoms with Crippen molar-refractivity contribution >= 4 is 39.4 Å². The summed E-state index contributed by atoms with van der Waals surface area (Å²) in [5.41, 5.74) is 0.813. The van der Waals surface area contributed by atoms with Crippen molar-refractivity contribution in [2.45, 2.75) is 32.1 Å². The third-order valence-electron chi connectivity index (χ3n) is 2.70. The van der Waals surface area contributed by atoms with Crippen LogP contribution in [0.1, 0.15) is 35.3 Å². The molecule has 1 amide bonds. The van der Waals surface area contributed by atoms with Crippen LogP contribution in [-0.2, 0) is 27.9 Å². The SMILES string of the molecule is CC(C)c1nc(C[S@](=O)CC(=O)NCc2cccs2)cs1. The smallest absolute Gasteiger partial charge is 0.232 e. The maximum Gasteiger partial charge on any atom is 0.232 e. The molecule has 0 aliphatic rings. The Morgan fingerprint density at radius 3 is 2.86 bits per heavy atom. The van der Waals surface area contributed by atoms with Gasteiger partial charge < -0.3 is 5.32 Å². The quantitative estimate of drug-likeness (QED) is 0.842.